The van der Waals surface area contributed by atoms with Gasteiger partial charge in [-0.05, 0) is 49.4 Å². The van der Waals surface area contributed by atoms with Crippen LogP contribution in [0.2, 0.25) is 0 Å². The van der Waals surface area contributed by atoms with Gasteiger partial charge in [0.15, 0.2) is 11.8 Å². The molecular formula is C18H27IN6. The zero-order chi connectivity index (χ0) is 16.8. The standard InChI is InChI=1S/C18H26N6.HI/c1-3-19-18(23-10-4-6-15(2)14-23)21-13-16-7-9-20-17(12-16)24-11-5-8-22-24;/h5,7-9,11-12,15H,3-4,6,10,13-14H2,1-2H3,(H,19,21);1H. The van der Waals surface area contributed by atoms with Crippen molar-refractivity contribution in [3.05, 3.63) is 42.4 Å². The summed E-state index contributed by atoms with van der Waals surface area (Å²) in [4.78, 5) is 11.6. The van der Waals surface area contributed by atoms with E-state index in [0.29, 0.717) is 6.54 Å². The number of nitrogens with zero attached hydrogens (tertiary/aromatic N) is 5. The molecule has 1 N–H and O–H groups in total. The van der Waals surface area contributed by atoms with Crippen LogP contribution in [-0.2, 0) is 6.54 Å². The van der Waals surface area contributed by atoms with Gasteiger partial charge in [0.1, 0.15) is 0 Å². The van der Waals surface area contributed by atoms with Crippen molar-refractivity contribution in [2.75, 3.05) is 19.6 Å². The zero-order valence-corrected chi connectivity index (χ0v) is 17.3. The first-order valence-electron chi connectivity index (χ1n) is 8.74. The molecule has 0 aliphatic carbocycles. The summed E-state index contributed by atoms with van der Waals surface area (Å²) in [6.07, 6.45) is 8.03. The third kappa shape index (κ3) is 5.42. The lowest BCUT2D eigenvalue weighted by molar-refractivity contribution is 0.266. The van der Waals surface area contributed by atoms with Crippen molar-refractivity contribution in [2.24, 2.45) is 10.9 Å². The number of guanidine groups is 1. The molecule has 2 aromatic heterocycles. The van der Waals surface area contributed by atoms with Gasteiger partial charge in [0.2, 0.25) is 0 Å². The van der Waals surface area contributed by atoms with Crippen LogP contribution in [0.1, 0.15) is 32.3 Å². The minimum absolute atomic E-state index is 0. The lowest BCUT2D eigenvalue weighted by Gasteiger charge is -2.33. The third-order valence-corrected chi connectivity index (χ3v) is 4.25. The maximum atomic E-state index is 4.84. The van der Waals surface area contributed by atoms with Gasteiger partial charge in [-0.15, -0.1) is 24.0 Å². The molecule has 1 saturated heterocycles. The van der Waals surface area contributed by atoms with Crippen molar-refractivity contribution >= 4 is 29.9 Å². The molecule has 0 aromatic carbocycles. The predicted octanol–water partition coefficient (Wildman–Crippen LogP) is 3.08. The van der Waals surface area contributed by atoms with Crippen LogP contribution in [0.25, 0.3) is 5.82 Å². The van der Waals surface area contributed by atoms with E-state index in [1.807, 2.05) is 30.6 Å². The van der Waals surface area contributed by atoms with Gasteiger partial charge in [0.05, 0.1) is 6.54 Å². The lowest BCUT2D eigenvalue weighted by atomic mass is 10.0. The zero-order valence-electron chi connectivity index (χ0n) is 14.9. The molecule has 1 atom stereocenters. The Morgan fingerprint density at radius 3 is 3.00 bits per heavy atom. The van der Waals surface area contributed by atoms with Crippen LogP contribution in [0, 0.1) is 5.92 Å². The predicted molar refractivity (Wildman–Crippen MR) is 112 cm³/mol. The van der Waals surface area contributed by atoms with Gasteiger partial charge in [0.25, 0.3) is 0 Å². The van der Waals surface area contributed by atoms with Gasteiger partial charge in [-0.3, -0.25) is 0 Å². The van der Waals surface area contributed by atoms with Crippen molar-refractivity contribution in [1.82, 2.24) is 25.0 Å². The molecule has 1 aliphatic heterocycles. The summed E-state index contributed by atoms with van der Waals surface area (Å²) in [5.41, 5.74) is 1.14. The highest BCUT2D eigenvalue weighted by Crippen LogP contribution is 2.16. The largest absolute Gasteiger partial charge is 0.357 e. The average molecular weight is 454 g/mol. The van der Waals surface area contributed by atoms with Crippen LogP contribution in [-0.4, -0.2) is 45.3 Å². The van der Waals surface area contributed by atoms with Crippen molar-refractivity contribution in [3.8, 4) is 5.82 Å². The summed E-state index contributed by atoms with van der Waals surface area (Å²) in [5.74, 6) is 2.57. The number of aliphatic imine (C=N–C) groups is 1. The fourth-order valence-electron chi connectivity index (χ4n) is 3.06. The van der Waals surface area contributed by atoms with Crippen LogP contribution in [0.3, 0.4) is 0 Å². The molecule has 6 nitrogen and oxygen atoms in total. The number of piperidine rings is 1. The number of likely N-dealkylation sites (tertiary alicyclic amines) is 1. The summed E-state index contributed by atoms with van der Waals surface area (Å²) in [6.45, 7) is 8.13. The molecule has 3 rings (SSSR count). The molecule has 25 heavy (non-hydrogen) atoms. The Labute approximate surface area is 166 Å². The first kappa shape index (κ1) is 19.7. The summed E-state index contributed by atoms with van der Waals surface area (Å²) in [6, 6.07) is 5.95. The van der Waals surface area contributed by atoms with E-state index in [2.05, 4.69) is 34.1 Å². The minimum atomic E-state index is 0. The highest BCUT2D eigenvalue weighted by Gasteiger charge is 2.19. The lowest BCUT2D eigenvalue weighted by Crippen LogP contribution is -2.46. The maximum absolute atomic E-state index is 4.84. The number of pyridine rings is 1. The molecule has 3 heterocycles. The number of aromatic nitrogens is 3. The number of halogens is 1. The van der Waals surface area contributed by atoms with Crippen LogP contribution < -0.4 is 5.32 Å². The Balaban J connectivity index is 0.00000225. The second-order valence-corrected chi connectivity index (χ2v) is 6.34. The normalized spacial score (nSPS) is 17.9. The van der Waals surface area contributed by atoms with Crippen molar-refractivity contribution in [2.45, 2.75) is 33.2 Å². The number of rotatable bonds is 4. The summed E-state index contributed by atoms with van der Waals surface area (Å²) in [5, 5.41) is 7.66. The van der Waals surface area contributed by atoms with Crippen molar-refractivity contribution in [1.29, 1.82) is 0 Å². The summed E-state index contributed by atoms with van der Waals surface area (Å²) < 4.78 is 1.77. The molecule has 0 radical (unpaired) electrons. The van der Waals surface area contributed by atoms with Gasteiger partial charge in [-0.1, -0.05) is 6.92 Å². The quantitative estimate of drug-likeness (QED) is 0.439. The first-order valence-corrected chi connectivity index (χ1v) is 8.74. The highest BCUT2D eigenvalue weighted by atomic mass is 127. The van der Waals surface area contributed by atoms with E-state index in [1.54, 1.807) is 10.9 Å². The summed E-state index contributed by atoms with van der Waals surface area (Å²) in [7, 11) is 0. The molecule has 0 saturated carbocycles. The van der Waals surface area contributed by atoms with Gasteiger partial charge in [-0.2, -0.15) is 5.10 Å². The van der Waals surface area contributed by atoms with E-state index in [0.717, 1.165) is 42.9 Å². The van der Waals surface area contributed by atoms with Gasteiger partial charge < -0.3 is 10.2 Å². The van der Waals surface area contributed by atoms with E-state index >= 15 is 0 Å². The number of hydrogen-bond acceptors (Lipinski definition) is 3. The Morgan fingerprint density at radius 1 is 1.40 bits per heavy atom. The molecule has 7 heteroatoms. The van der Waals surface area contributed by atoms with Crippen LogP contribution in [0.4, 0.5) is 0 Å². The molecule has 1 fully saturated rings. The molecule has 0 spiro atoms. The van der Waals surface area contributed by atoms with E-state index in [9.17, 15) is 0 Å². The Bertz CT molecular complexity index is 670. The molecular weight excluding hydrogens is 427 g/mol. The molecule has 2 aromatic rings. The topological polar surface area (TPSA) is 58.3 Å². The third-order valence-electron chi connectivity index (χ3n) is 4.25. The van der Waals surface area contributed by atoms with E-state index in [-0.39, 0.29) is 24.0 Å². The number of nitrogens with one attached hydrogen (secondary N) is 1. The van der Waals surface area contributed by atoms with E-state index in [4.69, 9.17) is 4.99 Å². The molecule has 136 valence electrons. The monoisotopic (exact) mass is 454 g/mol. The number of hydrogen-bond donors (Lipinski definition) is 1. The smallest absolute Gasteiger partial charge is 0.194 e. The molecule has 0 amide bonds. The maximum Gasteiger partial charge on any atom is 0.194 e. The van der Waals surface area contributed by atoms with Crippen LogP contribution in [0.15, 0.2) is 41.8 Å². The van der Waals surface area contributed by atoms with Crippen molar-refractivity contribution < 1.29 is 0 Å². The Hall–Kier alpha value is -1.64. The van der Waals surface area contributed by atoms with E-state index in [1.165, 1.54) is 12.8 Å². The first-order chi connectivity index (χ1) is 11.8. The van der Waals surface area contributed by atoms with E-state index < -0.39 is 0 Å². The highest BCUT2D eigenvalue weighted by molar-refractivity contribution is 14.0. The van der Waals surface area contributed by atoms with Crippen LogP contribution >= 0.6 is 24.0 Å². The molecule has 1 aliphatic rings. The van der Waals surface area contributed by atoms with Crippen molar-refractivity contribution in [3.63, 3.8) is 0 Å². The van der Waals surface area contributed by atoms with Gasteiger partial charge >= 0.3 is 0 Å². The fourth-order valence-corrected chi connectivity index (χ4v) is 3.06. The summed E-state index contributed by atoms with van der Waals surface area (Å²) >= 11 is 0. The van der Waals surface area contributed by atoms with Gasteiger partial charge in [0, 0.05) is 38.2 Å². The average Bonchev–Trinajstić information content (AvgIpc) is 3.13. The Morgan fingerprint density at radius 2 is 2.28 bits per heavy atom. The second-order valence-electron chi connectivity index (χ2n) is 6.34. The molecule has 0 bridgehead atoms. The SMILES string of the molecule is CCNC(=NCc1ccnc(-n2cccn2)c1)N1CCCC(C)C1.I. The van der Waals surface area contributed by atoms with Crippen LogP contribution in [0.5, 0.6) is 0 Å². The molecule has 1 unspecified atom stereocenters. The fraction of sp³-hybridized carbons (Fsp3) is 0.500. The second kappa shape index (κ2) is 9.74. The minimum Gasteiger partial charge on any atom is -0.357 e. The Kier molecular flexibility index (Phi) is 7.67. The van der Waals surface area contributed by atoms with Gasteiger partial charge in [-0.25, -0.2) is 14.7 Å².